The van der Waals surface area contributed by atoms with Crippen molar-refractivity contribution in [2.75, 3.05) is 20.1 Å². The summed E-state index contributed by atoms with van der Waals surface area (Å²) in [5, 5.41) is 11.5. The zero-order chi connectivity index (χ0) is 20.9. The molecule has 2 N–H and O–H groups in total. The maximum Gasteiger partial charge on any atom is 0.225 e. The van der Waals surface area contributed by atoms with E-state index in [0.29, 0.717) is 12.5 Å². The molecule has 1 saturated carbocycles. The molecule has 7 heteroatoms. The molecular formula is C23H32N6O. The highest BCUT2D eigenvalue weighted by Gasteiger charge is 2.32. The summed E-state index contributed by atoms with van der Waals surface area (Å²) in [6, 6.07) is 10.5. The van der Waals surface area contributed by atoms with E-state index in [2.05, 4.69) is 32.9 Å². The van der Waals surface area contributed by atoms with Gasteiger partial charge in [-0.3, -0.25) is 9.79 Å². The molecule has 1 aliphatic heterocycles. The van der Waals surface area contributed by atoms with Gasteiger partial charge in [0, 0.05) is 44.8 Å². The quantitative estimate of drug-likeness (QED) is 0.589. The smallest absolute Gasteiger partial charge is 0.225 e. The third-order valence-electron chi connectivity index (χ3n) is 6.18. The molecule has 0 radical (unpaired) electrons. The minimum Gasteiger partial charge on any atom is -0.352 e. The summed E-state index contributed by atoms with van der Waals surface area (Å²) >= 11 is 0. The van der Waals surface area contributed by atoms with Crippen molar-refractivity contribution in [3.8, 4) is 5.69 Å². The Hall–Kier alpha value is -2.83. The topological polar surface area (TPSA) is 74.6 Å². The largest absolute Gasteiger partial charge is 0.352 e. The van der Waals surface area contributed by atoms with Crippen LogP contribution in [0.2, 0.25) is 0 Å². The van der Waals surface area contributed by atoms with Crippen molar-refractivity contribution in [3.63, 3.8) is 0 Å². The summed E-state index contributed by atoms with van der Waals surface area (Å²) in [6.45, 7) is 4.24. The Bertz CT molecular complexity index is 899. The minimum absolute atomic E-state index is 0.241. The molecule has 2 heterocycles. The monoisotopic (exact) mass is 408 g/mol. The lowest BCUT2D eigenvalue weighted by Crippen LogP contribution is -2.45. The Morgan fingerprint density at radius 1 is 1.20 bits per heavy atom. The number of likely N-dealkylation sites (tertiary alicyclic amines) is 1. The zero-order valence-corrected chi connectivity index (χ0v) is 18.0. The van der Waals surface area contributed by atoms with Crippen molar-refractivity contribution in [1.29, 1.82) is 0 Å². The molecule has 7 nitrogen and oxygen atoms in total. The SMILES string of the molecule is CN=C(NCc1ccccc1-n1ccc(C)n1)NC1CCN(C(=O)C2CCCC2)C1. The minimum atomic E-state index is 0.241. The van der Waals surface area contributed by atoms with Gasteiger partial charge >= 0.3 is 0 Å². The summed E-state index contributed by atoms with van der Waals surface area (Å²) in [5.74, 6) is 1.37. The van der Waals surface area contributed by atoms with Crippen LogP contribution in [-0.4, -0.2) is 52.7 Å². The van der Waals surface area contributed by atoms with Crippen LogP contribution in [-0.2, 0) is 11.3 Å². The molecule has 1 aromatic carbocycles. The molecule has 1 unspecified atom stereocenters. The molecule has 30 heavy (non-hydrogen) atoms. The molecule has 1 aliphatic carbocycles. The summed E-state index contributed by atoms with van der Waals surface area (Å²) < 4.78 is 1.91. The average molecular weight is 409 g/mol. The zero-order valence-electron chi connectivity index (χ0n) is 18.0. The third kappa shape index (κ3) is 4.66. The van der Waals surface area contributed by atoms with Gasteiger partial charge in [-0.05, 0) is 43.9 Å². The van der Waals surface area contributed by atoms with Gasteiger partial charge in [0.2, 0.25) is 5.91 Å². The second-order valence-electron chi connectivity index (χ2n) is 8.35. The third-order valence-corrected chi connectivity index (χ3v) is 6.18. The number of aliphatic imine (C=N–C) groups is 1. The molecule has 160 valence electrons. The van der Waals surface area contributed by atoms with Gasteiger partial charge in [0.1, 0.15) is 0 Å². The van der Waals surface area contributed by atoms with E-state index in [-0.39, 0.29) is 12.0 Å². The van der Waals surface area contributed by atoms with Crippen LogP contribution in [0.25, 0.3) is 5.69 Å². The Morgan fingerprint density at radius 2 is 2.00 bits per heavy atom. The fourth-order valence-corrected chi connectivity index (χ4v) is 4.51. The number of para-hydroxylation sites is 1. The van der Waals surface area contributed by atoms with Crippen LogP contribution in [0, 0.1) is 12.8 Å². The van der Waals surface area contributed by atoms with Crippen molar-refractivity contribution in [1.82, 2.24) is 25.3 Å². The van der Waals surface area contributed by atoms with Crippen LogP contribution in [0.15, 0.2) is 41.5 Å². The van der Waals surface area contributed by atoms with E-state index in [1.165, 1.54) is 12.8 Å². The maximum atomic E-state index is 12.7. The first-order chi connectivity index (χ1) is 14.6. The maximum absolute atomic E-state index is 12.7. The van der Waals surface area contributed by atoms with Crippen molar-refractivity contribution in [2.24, 2.45) is 10.9 Å². The Kier molecular flexibility index (Phi) is 6.35. The molecule has 2 fully saturated rings. The summed E-state index contributed by atoms with van der Waals surface area (Å²) in [5.41, 5.74) is 3.20. The van der Waals surface area contributed by atoms with Gasteiger partial charge in [-0.2, -0.15) is 5.10 Å². The van der Waals surface area contributed by atoms with E-state index in [1.807, 2.05) is 40.9 Å². The van der Waals surface area contributed by atoms with Gasteiger partial charge in [-0.15, -0.1) is 0 Å². The van der Waals surface area contributed by atoms with Gasteiger partial charge in [-0.25, -0.2) is 4.68 Å². The summed E-state index contributed by atoms with van der Waals surface area (Å²) in [4.78, 5) is 19.1. The van der Waals surface area contributed by atoms with E-state index >= 15 is 0 Å². The lowest BCUT2D eigenvalue weighted by molar-refractivity contribution is -0.134. The molecule has 2 aromatic rings. The molecule has 4 rings (SSSR count). The van der Waals surface area contributed by atoms with E-state index in [4.69, 9.17) is 0 Å². The van der Waals surface area contributed by atoms with Crippen LogP contribution in [0.1, 0.15) is 43.4 Å². The Morgan fingerprint density at radius 3 is 2.73 bits per heavy atom. The summed E-state index contributed by atoms with van der Waals surface area (Å²) in [7, 11) is 1.79. The fraction of sp³-hybridized carbons (Fsp3) is 0.522. The lowest BCUT2D eigenvalue weighted by Gasteiger charge is -2.21. The molecule has 0 spiro atoms. The number of nitrogens with zero attached hydrogens (tertiary/aromatic N) is 4. The van der Waals surface area contributed by atoms with Gasteiger partial charge < -0.3 is 15.5 Å². The highest BCUT2D eigenvalue weighted by molar-refractivity contribution is 5.81. The van der Waals surface area contributed by atoms with Crippen molar-refractivity contribution in [2.45, 2.75) is 51.6 Å². The normalized spacial score (nSPS) is 20.0. The molecule has 1 saturated heterocycles. The molecule has 1 amide bonds. The van der Waals surface area contributed by atoms with Crippen LogP contribution in [0.5, 0.6) is 0 Å². The number of benzene rings is 1. The van der Waals surface area contributed by atoms with E-state index in [9.17, 15) is 4.79 Å². The molecule has 2 aliphatic rings. The molecular weight excluding hydrogens is 376 g/mol. The predicted molar refractivity (Wildman–Crippen MR) is 119 cm³/mol. The number of carbonyl (C=O) groups excluding carboxylic acids is 1. The van der Waals surface area contributed by atoms with Gasteiger partial charge in [-0.1, -0.05) is 31.0 Å². The van der Waals surface area contributed by atoms with Crippen LogP contribution < -0.4 is 10.6 Å². The number of carbonyl (C=O) groups is 1. The number of amides is 1. The number of aromatic nitrogens is 2. The van der Waals surface area contributed by atoms with Crippen LogP contribution >= 0.6 is 0 Å². The molecule has 0 bridgehead atoms. The van der Waals surface area contributed by atoms with E-state index in [0.717, 1.165) is 55.3 Å². The summed E-state index contributed by atoms with van der Waals surface area (Å²) in [6.07, 6.45) is 7.46. The van der Waals surface area contributed by atoms with E-state index < -0.39 is 0 Å². The Labute approximate surface area is 178 Å². The van der Waals surface area contributed by atoms with Gasteiger partial charge in [0.15, 0.2) is 5.96 Å². The van der Waals surface area contributed by atoms with Crippen molar-refractivity contribution < 1.29 is 4.79 Å². The number of hydrogen-bond donors (Lipinski definition) is 2. The number of guanidine groups is 1. The number of aryl methyl sites for hydroxylation is 1. The predicted octanol–water partition coefficient (Wildman–Crippen LogP) is 2.64. The second-order valence-corrected chi connectivity index (χ2v) is 8.35. The highest BCUT2D eigenvalue weighted by atomic mass is 16.2. The molecule has 1 atom stereocenters. The first-order valence-corrected chi connectivity index (χ1v) is 11.0. The van der Waals surface area contributed by atoms with Gasteiger partial charge in [0.05, 0.1) is 11.4 Å². The Balaban J connectivity index is 1.33. The average Bonchev–Trinajstić information content (AvgIpc) is 3.53. The molecule has 1 aromatic heterocycles. The second kappa shape index (κ2) is 9.32. The first-order valence-electron chi connectivity index (χ1n) is 11.0. The van der Waals surface area contributed by atoms with Crippen LogP contribution in [0.4, 0.5) is 0 Å². The number of rotatable bonds is 5. The fourth-order valence-electron chi connectivity index (χ4n) is 4.51. The lowest BCUT2D eigenvalue weighted by atomic mass is 10.1. The van der Waals surface area contributed by atoms with Crippen LogP contribution in [0.3, 0.4) is 0 Å². The van der Waals surface area contributed by atoms with Crippen molar-refractivity contribution >= 4 is 11.9 Å². The number of nitrogens with one attached hydrogen (secondary N) is 2. The standard InChI is InChI=1S/C23H32N6O/c1-17-11-14-29(27-17)21-10-6-5-9-19(21)15-25-23(24-2)26-20-12-13-28(16-20)22(30)18-7-3-4-8-18/h5-6,9-11,14,18,20H,3-4,7-8,12-13,15-16H2,1-2H3,(H2,24,25,26). The number of hydrogen-bond acceptors (Lipinski definition) is 3. The van der Waals surface area contributed by atoms with E-state index in [1.54, 1.807) is 7.05 Å². The first kappa shape index (κ1) is 20.4. The van der Waals surface area contributed by atoms with Crippen molar-refractivity contribution in [3.05, 3.63) is 47.8 Å². The van der Waals surface area contributed by atoms with Gasteiger partial charge in [0.25, 0.3) is 0 Å². The highest BCUT2D eigenvalue weighted by Crippen LogP contribution is 2.27.